The zero-order chi connectivity index (χ0) is 5.54. The Labute approximate surface area is 54.3 Å². The maximum atomic E-state index is 3.95. The van der Waals surface area contributed by atoms with E-state index in [0.29, 0.717) is 0 Å². The van der Waals surface area contributed by atoms with Crippen LogP contribution in [0, 0.1) is 0 Å². The molecule has 1 nitrogen and oxygen atoms in total. The van der Waals surface area contributed by atoms with Crippen LogP contribution in [0.3, 0.4) is 0 Å². The van der Waals surface area contributed by atoms with Crippen molar-refractivity contribution < 1.29 is 0 Å². The maximum absolute atomic E-state index is 3.95. The molecule has 0 aromatic carbocycles. The van der Waals surface area contributed by atoms with Gasteiger partial charge in [-0.05, 0) is 11.0 Å². The Morgan fingerprint density at radius 1 is 1.71 bits per heavy atom. The molecule has 0 fully saturated rings. The first-order valence-corrected chi connectivity index (χ1v) is 4.17. The molecule has 0 aromatic heterocycles. The van der Waals surface area contributed by atoms with Gasteiger partial charge in [0.15, 0.2) is 0 Å². The van der Waals surface area contributed by atoms with Crippen molar-refractivity contribution in [1.82, 2.24) is 0 Å². The number of rotatable bonds is 2. The molecule has 0 spiro atoms. The molecule has 0 aliphatic heterocycles. The summed E-state index contributed by atoms with van der Waals surface area (Å²) in [4.78, 5) is 0. The molecule has 0 radical (unpaired) electrons. The third kappa shape index (κ3) is 6.01. The number of hydrogen-bond acceptors (Lipinski definition) is 1. The molecule has 0 bridgehead atoms. The third-order valence-corrected chi connectivity index (χ3v) is 2.06. The van der Waals surface area contributed by atoms with Crippen molar-refractivity contribution in [3.05, 3.63) is 22.9 Å². The van der Waals surface area contributed by atoms with Crippen LogP contribution in [0.25, 0.3) is 0 Å². The lowest BCUT2D eigenvalue weighted by Gasteiger charge is -1.64. The molecule has 7 heavy (non-hydrogen) atoms. The summed E-state index contributed by atoms with van der Waals surface area (Å²) >= 11 is -0.0489. The minimum atomic E-state index is -0.0489. The molecule has 0 saturated heterocycles. The van der Waals surface area contributed by atoms with Gasteiger partial charge in [0, 0.05) is 27.2 Å². The van der Waals surface area contributed by atoms with E-state index in [1.54, 1.807) is 6.20 Å². The second-order valence-corrected chi connectivity index (χ2v) is 2.67. The lowest BCUT2D eigenvalue weighted by atomic mass is 10.8. The minimum absolute atomic E-state index is 0.0489. The van der Waals surface area contributed by atoms with E-state index in [4.69, 9.17) is 0 Å². The highest BCUT2D eigenvalue weighted by atomic mass is 127. The first kappa shape index (κ1) is 7.01. The summed E-state index contributed by atoms with van der Waals surface area (Å²) in [5, 5.41) is 0. The van der Waals surface area contributed by atoms with Crippen LogP contribution in [0.5, 0.6) is 0 Å². The van der Waals surface area contributed by atoms with Crippen molar-refractivity contribution in [2.24, 2.45) is 3.15 Å². The smallest absolute Gasteiger partial charge is 0.0257 e. The van der Waals surface area contributed by atoms with E-state index in [-0.39, 0.29) is 21.0 Å². The van der Waals surface area contributed by atoms with Crippen molar-refractivity contribution in [3.8, 4) is 0 Å². The summed E-state index contributed by atoms with van der Waals surface area (Å²) in [6, 6.07) is 0. The third-order valence-electron chi connectivity index (χ3n) is 0.308. The van der Waals surface area contributed by atoms with Gasteiger partial charge in [-0.2, -0.15) is 0 Å². The average molecular weight is 209 g/mol. The summed E-state index contributed by atoms with van der Waals surface area (Å²) in [5.41, 5.74) is 0. The molecular weight excluding hydrogens is 201 g/mol. The van der Waals surface area contributed by atoms with Crippen LogP contribution in [0.1, 0.15) is 6.92 Å². The maximum Gasteiger partial charge on any atom is 0.0257 e. The predicted molar refractivity (Wildman–Crippen MR) is 41.5 cm³/mol. The monoisotopic (exact) mass is 209 g/mol. The Hall–Kier alpha value is 0.01000. The fourth-order valence-electron chi connectivity index (χ4n) is 0.129. The van der Waals surface area contributed by atoms with Crippen LogP contribution in [-0.4, -0.2) is 0 Å². The van der Waals surface area contributed by atoms with Gasteiger partial charge in [0.25, 0.3) is 0 Å². The number of nitrogens with zero attached hydrogens (tertiary/aromatic N) is 1. The molecule has 0 amide bonds. The Morgan fingerprint density at radius 2 is 2.43 bits per heavy atom. The highest BCUT2D eigenvalue weighted by Crippen LogP contribution is 2.00. The molecule has 2 heteroatoms. The molecule has 0 rings (SSSR count). The van der Waals surface area contributed by atoms with Crippen molar-refractivity contribution in [3.63, 3.8) is 0 Å². The summed E-state index contributed by atoms with van der Waals surface area (Å²) in [6.07, 6.45) is 3.62. The predicted octanol–water partition coefficient (Wildman–Crippen LogP) is 2.82. The summed E-state index contributed by atoms with van der Waals surface area (Å²) < 4.78 is 6.03. The van der Waals surface area contributed by atoms with Crippen LogP contribution in [0.15, 0.2) is 26.1 Å². The molecular formula is C5H8IN. The second-order valence-electron chi connectivity index (χ2n) is 0.837. The number of halogens is 1. The number of allylic oxidation sites excluding steroid dienone is 1. The Bertz CT molecular complexity index is 94.3. The van der Waals surface area contributed by atoms with E-state index in [9.17, 15) is 0 Å². The van der Waals surface area contributed by atoms with Gasteiger partial charge in [0.05, 0.1) is 0 Å². The molecule has 0 atom stereocenters. The number of hydrogen-bond donors (Lipinski definition) is 0. The molecule has 0 N–H and O–H groups in total. The summed E-state index contributed by atoms with van der Waals surface area (Å²) in [6.45, 7) is 5.46. The van der Waals surface area contributed by atoms with Crippen molar-refractivity contribution >= 4 is 21.0 Å². The Morgan fingerprint density at radius 3 is 2.86 bits per heavy atom. The van der Waals surface area contributed by atoms with Gasteiger partial charge in [-0.15, -0.1) is 0 Å². The fourth-order valence-corrected chi connectivity index (χ4v) is 0.863. The topological polar surface area (TPSA) is 12.4 Å². The molecule has 0 heterocycles. The first-order chi connectivity index (χ1) is 3.41. The molecule has 0 aliphatic rings. The largest absolute Gasteiger partial charge is 0.231 e. The Kier molecular flexibility index (Phi) is 6.02. The van der Waals surface area contributed by atoms with E-state index in [0.717, 1.165) is 0 Å². The molecule has 0 unspecified atom stereocenters. The van der Waals surface area contributed by atoms with Crippen molar-refractivity contribution in [2.75, 3.05) is 0 Å². The lowest BCUT2D eigenvalue weighted by molar-refractivity contribution is 1.72. The van der Waals surface area contributed by atoms with E-state index in [2.05, 4.69) is 13.8 Å². The standard InChI is InChI=1S/C5H8IN/c1-3-5-6-7-4-2/h3-5H,2H2,1H3/b5-3-. The van der Waals surface area contributed by atoms with Crippen LogP contribution in [0.4, 0.5) is 0 Å². The van der Waals surface area contributed by atoms with Gasteiger partial charge in [-0.3, -0.25) is 0 Å². The molecule has 40 valence electrons. The van der Waals surface area contributed by atoms with Crippen LogP contribution >= 0.6 is 21.0 Å². The van der Waals surface area contributed by atoms with Crippen LogP contribution < -0.4 is 0 Å². The second kappa shape index (κ2) is 6.01. The van der Waals surface area contributed by atoms with Crippen LogP contribution in [0.2, 0.25) is 0 Å². The lowest BCUT2D eigenvalue weighted by Crippen LogP contribution is -1.29. The first-order valence-electron chi connectivity index (χ1n) is 1.96. The highest BCUT2D eigenvalue weighted by Gasteiger charge is 1.53. The van der Waals surface area contributed by atoms with Gasteiger partial charge in [0.1, 0.15) is 0 Å². The van der Waals surface area contributed by atoms with Crippen molar-refractivity contribution in [1.29, 1.82) is 0 Å². The highest BCUT2D eigenvalue weighted by molar-refractivity contribution is 14.2. The SMILES string of the molecule is C=CN=I/C=C\C. The Balaban J connectivity index is 3.27. The van der Waals surface area contributed by atoms with E-state index >= 15 is 0 Å². The van der Waals surface area contributed by atoms with Crippen molar-refractivity contribution in [2.45, 2.75) is 6.92 Å². The molecule has 0 saturated carbocycles. The quantitative estimate of drug-likeness (QED) is 0.620. The van der Waals surface area contributed by atoms with Gasteiger partial charge >= 0.3 is 0 Å². The summed E-state index contributed by atoms with van der Waals surface area (Å²) in [7, 11) is 0. The van der Waals surface area contributed by atoms with E-state index < -0.39 is 0 Å². The molecule has 0 aromatic rings. The van der Waals surface area contributed by atoms with Gasteiger partial charge in [-0.25, -0.2) is 3.15 Å². The zero-order valence-electron chi connectivity index (χ0n) is 4.26. The fraction of sp³-hybridized carbons (Fsp3) is 0.200. The zero-order valence-corrected chi connectivity index (χ0v) is 6.42. The van der Waals surface area contributed by atoms with Gasteiger partial charge in [0.2, 0.25) is 0 Å². The normalized spacial score (nSPS) is 12.1. The minimum Gasteiger partial charge on any atom is -0.231 e. The van der Waals surface area contributed by atoms with Gasteiger partial charge < -0.3 is 0 Å². The molecule has 0 aliphatic carbocycles. The average Bonchev–Trinajstić information content (AvgIpc) is 1.69. The van der Waals surface area contributed by atoms with E-state index in [1.807, 2.05) is 13.0 Å². The van der Waals surface area contributed by atoms with E-state index in [1.165, 1.54) is 0 Å². The summed E-state index contributed by atoms with van der Waals surface area (Å²) in [5.74, 6) is 0. The van der Waals surface area contributed by atoms with Gasteiger partial charge in [-0.1, -0.05) is 12.7 Å². The van der Waals surface area contributed by atoms with Crippen LogP contribution in [-0.2, 0) is 0 Å².